The van der Waals surface area contributed by atoms with E-state index in [2.05, 4.69) is 15.0 Å². The maximum Gasteiger partial charge on any atom is 0.488 e. The van der Waals surface area contributed by atoms with Crippen LogP contribution < -0.4 is 28.4 Å². The average Bonchev–Trinajstić information content (AvgIpc) is 3.10. The van der Waals surface area contributed by atoms with Crippen LogP contribution >= 0.6 is 11.6 Å². The fourth-order valence-electron chi connectivity index (χ4n) is 4.15. The normalized spacial score (nSPS) is 9.74. The average molecular weight is 768 g/mol. The third-order valence-electron chi connectivity index (χ3n) is 6.60. The van der Waals surface area contributed by atoms with Gasteiger partial charge in [-0.2, -0.15) is 0 Å². The molecule has 3 aromatic heterocycles. The zero-order valence-electron chi connectivity index (χ0n) is 27.1. The van der Waals surface area contributed by atoms with E-state index in [4.69, 9.17) is 44.6 Å². The first-order chi connectivity index (χ1) is 25.1. The summed E-state index contributed by atoms with van der Waals surface area (Å²) in [6.45, 7) is 0. The van der Waals surface area contributed by atoms with E-state index in [1.807, 2.05) is 0 Å². The molecule has 20 heteroatoms. The molecule has 0 aliphatic carbocycles. The second kappa shape index (κ2) is 20.3. The first-order valence-corrected chi connectivity index (χ1v) is 15.0. The summed E-state index contributed by atoms with van der Waals surface area (Å²) < 4.78 is 38.3. The van der Waals surface area contributed by atoms with Gasteiger partial charge < -0.3 is 33.0 Å². The van der Waals surface area contributed by atoms with Gasteiger partial charge in [-0.1, -0.05) is 55.4 Å². The molecule has 0 fully saturated rings. The predicted octanol–water partition coefficient (Wildman–Crippen LogP) is 6.04. The Morgan fingerprint density at radius 2 is 1.06 bits per heavy atom. The van der Waals surface area contributed by atoms with Crippen molar-refractivity contribution < 1.29 is 34.5 Å². The molecule has 54 heavy (non-hydrogen) atoms. The van der Waals surface area contributed by atoms with Gasteiger partial charge >= 0.3 is 18.5 Å². The largest absolute Gasteiger partial charge is 0.488 e. The zero-order valence-corrected chi connectivity index (χ0v) is 27.8. The van der Waals surface area contributed by atoms with E-state index < -0.39 is 28.6 Å². The number of rotatable bonds is 5. The van der Waals surface area contributed by atoms with Crippen molar-refractivity contribution in [1.82, 2.24) is 15.0 Å². The Morgan fingerprint density at radius 3 is 1.48 bits per heavy atom. The minimum absolute atomic E-state index is 0. The van der Waals surface area contributed by atoms with Gasteiger partial charge in [-0.15, -0.1) is 0 Å². The van der Waals surface area contributed by atoms with Crippen LogP contribution in [0.1, 0.15) is 8.85 Å². The molecule has 0 amide bonds. The van der Waals surface area contributed by atoms with E-state index in [0.717, 1.165) is 6.07 Å². The van der Waals surface area contributed by atoms with Crippen molar-refractivity contribution in [3.05, 3.63) is 152 Å². The summed E-state index contributed by atoms with van der Waals surface area (Å²) in [5, 5.41) is 38.0. The number of halogens is 4. The Kier molecular flexibility index (Phi) is 16.3. The Bertz CT molecular complexity index is 2210. The van der Waals surface area contributed by atoms with Crippen LogP contribution in [0.15, 0.2) is 110 Å². The molecule has 0 radical (unpaired) electrons. The second-order valence-electron chi connectivity index (χ2n) is 10.3. The molecule has 282 valence electrons. The van der Waals surface area contributed by atoms with E-state index in [1.165, 1.54) is 79.1 Å². The van der Waals surface area contributed by atoms with E-state index in [1.54, 1.807) is 24.4 Å². The molecule has 15 nitrogen and oxygen atoms in total. The van der Waals surface area contributed by atoms with Crippen LogP contribution in [0, 0.1) is 37.7 Å². The molecular weight excluding hydrogens is 734 g/mol. The number of nitrogen functional groups attached to an aromatic ring is 4. The van der Waals surface area contributed by atoms with Gasteiger partial charge in [0.15, 0.2) is 5.69 Å². The summed E-state index contributed by atoms with van der Waals surface area (Å²) in [6, 6.07) is 20.9. The summed E-state index contributed by atoms with van der Waals surface area (Å²) >= 11 is 5.39. The lowest BCUT2D eigenvalue weighted by Gasteiger charge is -2.06. The minimum Gasteiger partial charge on any atom is -0.423 e. The molecule has 0 spiro atoms. The van der Waals surface area contributed by atoms with Crippen molar-refractivity contribution in [2.45, 2.75) is 7.43 Å². The fourth-order valence-corrected chi connectivity index (χ4v) is 4.39. The third-order valence-corrected chi connectivity index (χ3v) is 6.87. The third kappa shape index (κ3) is 12.2. The van der Waals surface area contributed by atoms with Crippen molar-refractivity contribution in [2.24, 2.45) is 0 Å². The number of hydrogen-bond donors (Lipinski definition) is 6. The molecule has 0 aliphatic rings. The van der Waals surface area contributed by atoms with Crippen molar-refractivity contribution in [1.29, 1.82) is 0 Å². The van der Waals surface area contributed by atoms with Crippen LogP contribution in [0.4, 0.5) is 47.3 Å². The summed E-state index contributed by atoms with van der Waals surface area (Å²) in [5.74, 6) is -1.28. The highest BCUT2D eigenvalue weighted by atomic mass is 35.5. The standard InChI is InChI=1S/C11H8FN3O2.C11H10FN3.C6H6BFO2.C5H4ClN3O2.CH4.H2/c12-8-3-1-2-7(6-8)10-11(15(16)17)9(13)4-5-14-10;12-8-3-1-2-7(6-8)11-10(14)9(13)4-5-15-11;8-6-3-1-2-5(4-6)7(9)10;6-5-4(9(10)11)3(7)1-2-8-5;;/h1-6H,(H2,13,14);1-6H,14H2,(H2,13,15);1-4,9-10H;1-2H,(H2,7,8);1H4;1H. The molecule has 3 heterocycles. The molecule has 0 aliphatic heterocycles. The number of benzene rings is 3. The van der Waals surface area contributed by atoms with Crippen LogP contribution in [0.25, 0.3) is 22.5 Å². The van der Waals surface area contributed by atoms with Gasteiger partial charge in [0.2, 0.25) is 5.15 Å². The number of nitro groups is 2. The van der Waals surface area contributed by atoms with Crippen LogP contribution in [0.2, 0.25) is 5.15 Å². The lowest BCUT2D eigenvalue weighted by molar-refractivity contribution is -0.384. The molecule has 0 atom stereocenters. The smallest absolute Gasteiger partial charge is 0.423 e. The minimum atomic E-state index is -1.59. The number of hydrogen-bond acceptors (Lipinski definition) is 13. The molecule has 0 saturated carbocycles. The molecule has 0 saturated heterocycles. The molecule has 0 bridgehead atoms. The van der Waals surface area contributed by atoms with Gasteiger partial charge in [0, 0.05) is 31.1 Å². The van der Waals surface area contributed by atoms with Gasteiger partial charge in [-0.05, 0) is 60.1 Å². The van der Waals surface area contributed by atoms with Gasteiger partial charge in [0.1, 0.15) is 28.8 Å². The molecule has 0 unspecified atom stereocenters. The molecular formula is C34H34BClF3N9O6. The second-order valence-corrected chi connectivity index (χ2v) is 10.6. The van der Waals surface area contributed by atoms with Crippen LogP contribution in [-0.2, 0) is 0 Å². The lowest BCUT2D eigenvalue weighted by atomic mass is 9.80. The Labute approximate surface area is 312 Å². The highest BCUT2D eigenvalue weighted by Gasteiger charge is 2.21. The maximum atomic E-state index is 13.1. The summed E-state index contributed by atoms with van der Waals surface area (Å²) in [7, 11) is -1.59. The number of nitrogens with two attached hydrogens (primary N) is 4. The van der Waals surface area contributed by atoms with Crippen LogP contribution in [0.3, 0.4) is 0 Å². The topological polar surface area (TPSA) is 269 Å². The van der Waals surface area contributed by atoms with E-state index >= 15 is 0 Å². The van der Waals surface area contributed by atoms with E-state index in [0.29, 0.717) is 28.2 Å². The van der Waals surface area contributed by atoms with E-state index in [-0.39, 0.29) is 53.7 Å². The first kappa shape index (κ1) is 43.3. The van der Waals surface area contributed by atoms with Gasteiger partial charge in [0.05, 0.1) is 26.9 Å². The van der Waals surface area contributed by atoms with E-state index in [9.17, 15) is 33.4 Å². The number of anilines is 4. The zero-order chi connectivity index (χ0) is 39.2. The Balaban J connectivity index is 0.000000370. The van der Waals surface area contributed by atoms with Gasteiger partial charge in [-0.3, -0.25) is 25.2 Å². The van der Waals surface area contributed by atoms with Gasteiger partial charge in [0.25, 0.3) is 0 Å². The highest BCUT2D eigenvalue weighted by Crippen LogP contribution is 2.32. The molecule has 3 aromatic carbocycles. The lowest BCUT2D eigenvalue weighted by Crippen LogP contribution is -2.29. The molecule has 10 N–H and O–H groups in total. The number of nitrogens with zero attached hydrogens (tertiary/aromatic N) is 5. The number of aromatic nitrogens is 3. The van der Waals surface area contributed by atoms with Gasteiger partial charge in [-0.25, -0.2) is 23.1 Å². The maximum absolute atomic E-state index is 13.1. The van der Waals surface area contributed by atoms with Crippen molar-refractivity contribution in [3.8, 4) is 22.5 Å². The van der Waals surface area contributed by atoms with Crippen molar-refractivity contribution in [3.63, 3.8) is 0 Å². The first-order valence-electron chi connectivity index (χ1n) is 14.7. The van der Waals surface area contributed by atoms with Crippen molar-refractivity contribution >= 4 is 58.3 Å². The SMILES string of the molecule is C.Nc1ccnc(-c2cccc(F)c2)c1N.Nc1ccnc(-c2cccc(F)c2)c1[N+](=O)[O-].Nc1ccnc(Cl)c1[N+](=O)[O-].OB(O)c1cccc(F)c1.[HH]. The predicted molar refractivity (Wildman–Crippen MR) is 205 cm³/mol. The number of pyridine rings is 3. The van der Waals surface area contributed by atoms with Crippen molar-refractivity contribution in [2.75, 3.05) is 22.9 Å². The van der Waals surface area contributed by atoms with Crippen LogP contribution in [0.5, 0.6) is 0 Å². The highest BCUT2D eigenvalue weighted by molar-refractivity contribution is 6.58. The monoisotopic (exact) mass is 767 g/mol. The van der Waals surface area contributed by atoms with Crippen LogP contribution in [-0.4, -0.2) is 42.0 Å². The Morgan fingerprint density at radius 1 is 0.630 bits per heavy atom. The quantitative estimate of drug-likeness (QED) is 0.0506. The summed E-state index contributed by atoms with van der Waals surface area (Å²) in [5.41, 5.74) is 24.1. The summed E-state index contributed by atoms with van der Waals surface area (Å²) in [6.07, 6.45) is 4.21. The summed E-state index contributed by atoms with van der Waals surface area (Å²) in [4.78, 5) is 31.3. The Hall–Kier alpha value is -6.83. The molecule has 6 aromatic rings. The fraction of sp³-hybridized carbons (Fsp3) is 0.0294. The molecule has 6 rings (SSSR count).